The molecule has 2 heterocycles. The van der Waals surface area contributed by atoms with E-state index >= 15 is 0 Å². The van der Waals surface area contributed by atoms with Gasteiger partial charge < -0.3 is 5.11 Å². The second kappa shape index (κ2) is 6.19. The number of aromatic hydroxyl groups is 1. The Morgan fingerprint density at radius 2 is 1.83 bits per heavy atom. The molecule has 1 aromatic heterocycles. The van der Waals surface area contributed by atoms with Gasteiger partial charge in [0.1, 0.15) is 0 Å². The van der Waals surface area contributed by atoms with Gasteiger partial charge in [0.2, 0.25) is 5.88 Å². The molecule has 3 aromatic rings. The van der Waals surface area contributed by atoms with E-state index in [0.29, 0.717) is 10.5 Å². The van der Waals surface area contributed by atoms with E-state index in [1.807, 2.05) is 66.9 Å². The van der Waals surface area contributed by atoms with E-state index in [4.69, 9.17) is 12.2 Å². The van der Waals surface area contributed by atoms with Crippen LogP contribution in [-0.2, 0) is 6.54 Å². The average Bonchev–Trinajstić information content (AvgIpc) is 3.13. The second-order valence-corrected chi connectivity index (χ2v) is 7.18. The predicted octanol–water partition coefficient (Wildman–Crippen LogP) is 5.29. The molecule has 5 heteroatoms. The first-order chi connectivity index (χ1) is 11.7. The standard InChI is InChI=1S/C19H14N2OS2/c22-18-17(10-14-11-20-16-9-5-4-8-15(14)16)24-19(23)21(18)12-13-6-2-1-3-7-13/h1-11,22H,12H2/b14-10-. The molecule has 0 amide bonds. The summed E-state index contributed by atoms with van der Waals surface area (Å²) in [6.07, 6.45) is 3.78. The largest absolute Gasteiger partial charge is 0.493 e. The van der Waals surface area contributed by atoms with Crippen LogP contribution in [-0.4, -0.2) is 15.9 Å². The summed E-state index contributed by atoms with van der Waals surface area (Å²) in [6.45, 7) is 0.565. The Labute approximate surface area is 148 Å². The average molecular weight is 350 g/mol. The molecular formula is C19H14N2OS2. The number of rotatable bonds is 3. The molecule has 0 saturated carbocycles. The van der Waals surface area contributed by atoms with Gasteiger partial charge in [-0.05, 0) is 29.9 Å². The highest BCUT2D eigenvalue weighted by Gasteiger charge is 2.15. The molecule has 2 aromatic carbocycles. The van der Waals surface area contributed by atoms with E-state index in [1.54, 1.807) is 4.57 Å². The van der Waals surface area contributed by atoms with Crippen molar-refractivity contribution in [3.8, 4) is 5.88 Å². The van der Waals surface area contributed by atoms with Crippen LogP contribution in [0.3, 0.4) is 0 Å². The molecule has 1 aliphatic rings. The molecular weight excluding hydrogens is 336 g/mol. The van der Waals surface area contributed by atoms with Crippen molar-refractivity contribution in [2.75, 3.05) is 0 Å². The molecule has 0 fully saturated rings. The fourth-order valence-corrected chi connectivity index (χ4v) is 3.97. The molecule has 4 rings (SSSR count). The van der Waals surface area contributed by atoms with Crippen molar-refractivity contribution < 1.29 is 5.11 Å². The summed E-state index contributed by atoms with van der Waals surface area (Å²) in [7, 11) is 0. The first-order valence-corrected chi connectivity index (χ1v) is 8.76. The van der Waals surface area contributed by atoms with Gasteiger partial charge in [-0.15, -0.1) is 11.3 Å². The highest BCUT2D eigenvalue weighted by molar-refractivity contribution is 7.73. The van der Waals surface area contributed by atoms with Gasteiger partial charge in [0.25, 0.3) is 0 Å². The number of hydrogen-bond donors (Lipinski definition) is 1. The molecule has 24 heavy (non-hydrogen) atoms. The van der Waals surface area contributed by atoms with E-state index in [0.717, 1.165) is 27.3 Å². The van der Waals surface area contributed by atoms with Gasteiger partial charge in [-0.1, -0.05) is 48.5 Å². The third-order valence-electron chi connectivity index (χ3n) is 3.92. The van der Waals surface area contributed by atoms with Crippen molar-refractivity contribution in [1.82, 2.24) is 4.57 Å². The molecule has 0 atom stereocenters. The lowest BCUT2D eigenvalue weighted by Gasteiger charge is -2.05. The van der Waals surface area contributed by atoms with E-state index in [1.165, 1.54) is 11.3 Å². The first kappa shape index (κ1) is 15.1. The van der Waals surface area contributed by atoms with Crippen LogP contribution in [0.15, 0.2) is 59.6 Å². The smallest absolute Gasteiger partial charge is 0.210 e. The zero-order chi connectivity index (χ0) is 16.5. The SMILES string of the molecule is Oc1c(/C=C2/C=Nc3ccccc32)sc(=S)n1Cc1ccccc1. The number of nitrogens with zero attached hydrogens (tertiary/aromatic N) is 2. The van der Waals surface area contributed by atoms with E-state index in [-0.39, 0.29) is 5.88 Å². The highest BCUT2D eigenvalue weighted by Crippen LogP contribution is 2.35. The maximum Gasteiger partial charge on any atom is 0.210 e. The van der Waals surface area contributed by atoms with Gasteiger partial charge in [0.15, 0.2) is 3.95 Å². The fraction of sp³-hybridized carbons (Fsp3) is 0.0526. The Hall–Kier alpha value is -2.50. The van der Waals surface area contributed by atoms with Crippen LogP contribution >= 0.6 is 23.6 Å². The number of hydrogen-bond acceptors (Lipinski definition) is 4. The monoisotopic (exact) mass is 350 g/mol. The van der Waals surface area contributed by atoms with Crippen LogP contribution in [0, 0.1) is 3.95 Å². The lowest BCUT2D eigenvalue weighted by Crippen LogP contribution is -1.98. The van der Waals surface area contributed by atoms with Crippen molar-refractivity contribution >= 4 is 47.1 Å². The Morgan fingerprint density at radius 1 is 1.08 bits per heavy atom. The minimum absolute atomic E-state index is 0.208. The summed E-state index contributed by atoms with van der Waals surface area (Å²) >= 11 is 6.85. The second-order valence-electron chi connectivity index (χ2n) is 5.50. The summed E-state index contributed by atoms with van der Waals surface area (Å²) in [5.41, 5.74) is 4.12. The van der Waals surface area contributed by atoms with E-state index in [2.05, 4.69) is 4.99 Å². The van der Waals surface area contributed by atoms with E-state index < -0.39 is 0 Å². The Morgan fingerprint density at radius 3 is 2.67 bits per heavy atom. The molecule has 1 aliphatic heterocycles. The van der Waals surface area contributed by atoms with Gasteiger partial charge in [-0.3, -0.25) is 9.56 Å². The molecule has 0 saturated heterocycles. The molecule has 0 spiro atoms. The number of aliphatic imine (C=N–C) groups is 1. The summed E-state index contributed by atoms with van der Waals surface area (Å²) in [5.74, 6) is 0.208. The molecule has 1 N–H and O–H groups in total. The molecule has 0 radical (unpaired) electrons. The minimum atomic E-state index is 0.208. The van der Waals surface area contributed by atoms with Crippen molar-refractivity contribution in [1.29, 1.82) is 0 Å². The third kappa shape index (κ3) is 2.72. The predicted molar refractivity (Wildman–Crippen MR) is 103 cm³/mol. The van der Waals surface area contributed by atoms with Gasteiger partial charge >= 0.3 is 0 Å². The van der Waals surface area contributed by atoms with Crippen LogP contribution in [0.4, 0.5) is 5.69 Å². The summed E-state index contributed by atoms with van der Waals surface area (Å²) < 4.78 is 2.42. The van der Waals surface area contributed by atoms with E-state index in [9.17, 15) is 5.11 Å². The number of benzene rings is 2. The topological polar surface area (TPSA) is 37.5 Å². The fourth-order valence-electron chi connectivity index (χ4n) is 2.71. The lowest BCUT2D eigenvalue weighted by atomic mass is 10.1. The van der Waals surface area contributed by atoms with Gasteiger partial charge in [-0.2, -0.15) is 0 Å². The number of aromatic nitrogens is 1. The van der Waals surface area contributed by atoms with Gasteiger partial charge in [-0.25, -0.2) is 0 Å². The van der Waals surface area contributed by atoms with Gasteiger partial charge in [0, 0.05) is 17.4 Å². The van der Waals surface area contributed by atoms with Crippen molar-refractivity contribution in [2.24, 2.45) is 4.99 Å². The van der Waals surface area contributed by atoms with Gasteiger partial charge in [0.05, 0.1) is 17.1 Å². The molecule has 0 bridgehead atoms. The number of fused-ring (bicyclic) bond motifs is 1. The molecule has 3 nitrogen and oxygen atoms in total. The number of allylic oxidation sites excluding steroid dienone is 1. The Bertz CT molecular complexity index is 1010. The zero-order valence-corrected chi connectivity index (χ0v) is 14.3. The molecule has 0 unspecified atom stereocenters. The zero-order valence-electron chi connectivity index (χ0n) is 12.7. The quantitative estimate of drug-likeness (QED) is 0.652. The Kier molecular flexibility index (Phi) is 3.88. The maximum absolute atomic E-state index is 10.6. The van der Waals surface area contributed by atoms with Crippen LogP contribution < -0.4 is 0 Å². The van der Waals surface area contributed by atoms with Crippen molar-refractivity contribution in [2.45, 2.75) is 6.54 Å². The van der Waals surface area contributed by atoms with Crippen LogP contribution in [0.25, 0.3) is 11.6 Å². The maximum atomic E-state index is 10.6. The first-order valence-electron chi connectivity index (χ1n) is 7.54. The van der Waals surface area contributed by atoms with Crippen molar-refractivity contribution in [3.05, 3.63) is 74.6 Å². The molecule has 118 valence electrons. The minimum Gasteiger partial charge on any atom is -0.493 e. The molecule has 0 aliphatic carbocycles. The third-order valence-corrected chi connectivity index (χ3v) is 5.31. The van der Waals surface area contributed by atoms with Crippen LogP contribution in [0.5, 0.6) is 5.88 Å². The van der Waals surface area contributed by atoms with Crippen LogP contribution in [0.1, 0.15) is 16.0 Å². The number of thiazole rings is 1. The number of para-hydroxylation sites is 1. The van der Waals surface area contributed by atoms with Crippen LogP contribution in [0.2, 0.25) is 0 Å². The Balaban J connectivity index is 1.72. The van der Waals surface area contributed by atoms with Crippen molar-refractivity contribution in [3.63, 3.8) is 0 Å². The normalized spacial score (nSPS) is 14.2. The summed E-state index contributed by atoms with van der Waals surface area (Å²) in [6, 6.07) is 18.0. The summed E-state index contributed by atoms with van der Waals surface area (Å²) in [4.78, 5) is 5.16. The lowest BCUT2D eigenvalue weighted by molar-refractivity contribution is 0.422. The highest BCUT2D eigenvalue weighted by atomic mass is 32.1. The summed E-state index contributed by atoms with van der Waals surface area (Å²) in [5, 5.41) is 10.6.